The lowest BCUT2D eigenvalue weighted by atomic mass is 9.92. The van der Waals surface area contributed by atoms with Crippen LogP contribution in [0.5, 0.6) is 0 Å². The fourth-order valence-electron chi connectivity index (χ4n) is 4.66. The molecule has 1 aromatic carbocycles. The third-order valence-corrected chi connectivity index (χ3v) is 7.60. The summed E-state index contributed by atoms with van der Waals surface area (Å²) in [4.78, 5) is 18.8. The summed E-state index contributed by atoms with van der Waals surface area (Å²) in [7, 11) is 0. The zero-order valence-electron chi connectivity index (χ0n) is 17.6. The van der Waals surface area contributed by atoms with Gasteiger partial charge in [0.25, 0.3) is 0 Å². The van der Waals surface area contributed by atoms with E-state index in [1.807, 2.05) is 6.07 Å². The minimum atomic E-state index is 0.234. The van der Waals surface area contributed by atoms with E-state index >= 15 is 0 Å². The Hall–Kier alpha value is -1.40. The van der Waals surface area contributed by atoms with Gasteiger partial charge in [-0.15, -0.1) is 11.3 Å². The Labute approximate surface area is 189 Å². The Morgan fingerprint density at radius 3 is 2.50 bits per heavy atom. The maximum absolute atomic E-state index is 12.5. The van der Waals surface area contributed by atoms with Crippen LogP contribution in [0.2, 0.25) is 4.34 Å². The number of benzene rings is 1. The Bertz CT molecular complexity index is 804. The lowest BCUT2D eigenvalue weighted by Gasteiger charge is -2.31. The molecular formula is C24H32ClN3OS. The Balaban J connectivity index is 1.10. The van der Waals surface area contributed by atoms with Gasteiger partial charge in [0.15, 0.2) is 0 Å². The average Bonchev–Trinajstić information content (AvgIpc) is 3.36. The van der Waals surface area contributed by atoms with Crippen molar-refractivity contribution in [2.75, 3.05) is 26.2 Å². The maximum Gasteiger partial charge on any atom is 0.220 e. The quantitative estimate of drug-likeness (QED) is 0.634. The van der Waals surface area contributed by atoms with Gasteiger partial charge < -0.3 is 5.32 Å². The first kappa shape index (κ1) is 21.8. The van der Waals surface area contributed by atoms with Gasteiger partial charge in [-0.3, -0.25) is 14.6 Å². The zero-order chi connectivity index (χ0) is 20.8. The van der Waals surface area contributed by atoms with Crippen LogP contribution in [0.25, 0.3) is 0 Å². The highest BCUT2D eigenvalue weighted by atomic mass is 35.5. The van der Waals surface area contributed by atoms with Crippen LogP contribution in [-0.4, -0.2) is 47.9 Å². The number of nitrogens with zero attached hydrogens (tertiary/aromatic N) is 2. The second-order valence-electron chi connectivity index (χ2n) is 8.74. The number of likely N-dealkylation sites (tertiary alicyclic amines) is 2. The monoisotopic (exact) mass is 445 g/mol. The molecule has 0 saturated carbocycles. The molecule has 162 valence electrons. The summed E-state index contributed by atoms with van der Waals surface area (Å²) in [6, 6.07) is 15.0. The van der Waals surface area contributed by atoms with Gasteiger partial charge in [0, 0.05) is 43.5 Å². The number of thiophene rings is 1. The molecule has 1 amide bonds. The third kappa shape index (κ3) is 6.55. The molecule has 0 spiro atoms. The van der Waals surface area contributed by atoms with Gasteiger partial charge in [-0.25, -0.2) is 0 Å². The van der Waals surface area contributed by atoms with Crippen LogP contribution in [0.3, 0.4) is 0 Å². The fourth-order valence-corrected chi connectivity index (χ4v) is 5.79. The van der Waals surface area contributed by atoms with E-state index in [0.717, 1.165) is 56.4 Å². The van der Waals surface area contributed by atoms with Crippen molar-refractivity contribution in [2.24, 2.45) is 5.92 Å². The van der Waals surface area contributed by atoms with Crippen molar-refractivity contribution < 1.29 is 4.79 Å². The van der Waals surface area contributed by atoms with Gasteiger partial charge in [0.2, 0.25) is 5.91 Å². The van der Waals surface area contributed by atoms with E-state index in [9.17, 15) is 4.79 Å². The minimum Gasteiger partial charge on any atom is -0.352 e. The first-order valence-electron chi connectivity index (χ1n) is 11.2. The highest BCUT2D eigenvalue weighted by Gasteiger charge is 2.25. The summed E-state index contributed by atoms with van der Waals surface area (Å²) in [6.45, 7) is 6.26. The SMILES string of the molecule is O=C(CCC1CCN(Cc2ccc(Cl)s2)CC1)N[C@H]1CCN(Cc2ccccc2)C1. The van der Waals surface area contributed by atoms with Crippen LogP contribution >= 0.6 is 22.9 Å². The fraction of sp³-hybridized carbons (Fsp3) is 0.542. The predicted octanol–water partition coefficient (Wildman–Crippen LogP) is 4.78. The minimum absolute atomic E-state index is 0.234. The van der Waals surface area contributed by atoms with E-state index in [0.29, 0.717) is 18.4 Å². The van der Waals surface area contributed by atoms with Crippen LogP contribution in [-0.2, 0) is 17.9 Å². The second kappa shape index (κ2) is 10.8. The molecule has 0 unspecified atom stereocenters. The number of hydrogen-bond donors (Lipinski definition) is 1. The van der Waals surface area contributed by atoms with Crippen molar-refractivity contribution in [3.63, 3.8) is 0 Å². The summed E-state index contributed by atoms with van der Waals surface area (Å²) in [5.74, 6) is 0.911. The van der Waals surface area contributed by atoms with Crippen LogP contribution in [0.1, 0.15) is 42.5 Å². The van der Waals surface area contributed by atoms with E-state index in [2.05, 4.69) is 51.5 Å². The first-order valence-corrected chi connectivity index (χ1v) is 12.4. The van der Waals surface area contributed by atoms with Gasteiger partial charge >= 0.3 is 0 Å². The van der Waals surface area contributed by atoms with Crippen molar-refractivity contribution in [2.45, 2.75) is 51.2 Å². The first-order chi connectivity index (χ1) is 14.6. The van der Waals surface area contributed by atoms with Gasteiger partial charge in [0.05, 0.1) is 4.34 Å². The molecule has 30 heavy (non-hydrogen) atoms. The molecule has 2 aromatic rings. The number of rotatable bonds is 8. The van der Waals surface area contributed by atoms with Crippen LogP contribution < -0.4 is 5.32 Å². The Morgan fingerprint density at radius 1 is 1.00 bits per heavy atom. The number of piperidine rings is 1. The average molecular weight is 446 g/mol. The molecule has 0 bridgehead atoms. The molecule has 4 nitrogen and oxygen atoms in total. The highest BCUT2D eigenvalue weighted by molar-refractivity contribution is 7.16. The Morgan fingerprint density at radius 2 is 1.77 bits per heavy atom. The lowest BCUT2D eigenvalue weighted by molar-refractivity contribution is -0.122. The predicted molar refractivity (Wildman–Crippen MR) is 125 cm³/mol. The smallest absolute Gasteiger partial charge is 0.220 e. The standard InChI is InChI=1S/C24H32ClN3OS/c25-23-8-7-22(30-23)18-27-13-10-19(11-14-27)6-9-24(29)26-21-12-15-28(17-21)16-20-4-2-1-3-5-20/h1-5,7-8,19,21H,6,9-18H2,(H,26,29)/t21-/m0/s1. The molecule has 0 radical (unpaired) electrons. The molecule has 3 heterocycles. The maximum atomic E-state index is 12.5. The molecule has 6 heteroatoms. The molecule has 1 aromatic heterocycles. The molecule has 2 fully saturated rings. The van der Waals surface area contributed by atoms with Gasteiger partial charge in [-0.1, -0.05) is 41.9 Å². The van der Waals surface area contributed by atoms with Crippen molar-refractivity contribution >= 4 is 28.8 Å². The molecule has 2 saturated heterocycles. The molecule has 4 rings (SSSR count). The summed E-state index contributed by atoms with van der Waals surface area (Å²) in [5, 5.41) is 3.28. The van der Waals surface area contributed by atoms with E-state index < -0.39 is 0 Å². The molecular weight excluding hydrogens is 414 g/mol. The van der Waals surface area contributed by atoms with Crippen molar-refractivity contribution in [1.82, 2.24) is 15.1 Å². The van der Waals surface area contributed by atoms with Crippen LogP contribution in [0, 0.1) is 5.92 Å². The van der Waals surface area contributed by atoms with Gasteiger partial charge in [0.1, 0.15) is 0 Å². The number of carbonyl (C=O) groups is 1. The number of hydrogen-bond acceptors (Lipinski definition) is 4. The number of nitrogens with one attached hydrogen (secondary N) is 1. The van der Waals surface area contributed by atoms with Crippen molar-refractivity contribution in [1.29, 1.82) is 0 Å². The van der Waals surface area contributed by atoms with E-state index in [-0.39, 0.29) is 5.91 Å². The zero-order valence-corrected chi connectivity index (χ0v) is 19.1. The Kier molecular flexibility index (Phi) is 7.83. The second-order valence-corrected chi connectivity index (χ2v) is 10.5. The lowest BCUT2D eigenvalue weighted by Crippen LogP contribution is -2.37. The summed E-state index contributed by atoms with van der Waals surface area (Å²) < 4.78 is 0.872. The number of carbonyl (C=O) groups excluding carboxylic acids is 1. The van der Waals surface area contributed by atoms with E-state index in [4.69, 9.17) is 11.6 Å². The van der Waals surface area contributed by atoms with Gasteiger partial charge in [-0.2, -0.15) is 0 Å². The van der Waals surface area contributed by atoms with E-state index in [1.54, 1.807) is 11.3 Å². The van der Waals surface area contributed by atoms with Crippen LogP contribution in [0.15, 0.2) is 42.5 Å². The highest BCUT2D eigenvalue weighted by Crippen LogP contribution is 2.26. The third-order valence-electron chi connectivity index (χ3n) is 6.38. The molecule has 2 aliphatic rings. The molecule has 2 aliphatic heterocycles. The normalized spacial score (nSPS) is 21.2. The van der Waals surface area contributed by atoms with E-state index in [1.165, 1.54) is 23.3 Å². The number of amides is 1. The summed E-state index contributed by atoms with van der Waals surface area (Å²) >= 11 is 7.72. The molecule has 1 N–H and O–H groups in total. The summed E-state index contributed by atoms with van der Waals surface area (Å²) in [6.07, 6.45) is 5.14. The molecule has 1 atom stereocenters. The van der Waals surface area contributed by atoms with Crippen molar-refractivity contribution in [3.05, 3.63) is 57.2 Å². The largest absolute Gasteiger partial charge is 0.352 e. The topological polar surface area (TPSA) is 35.6 Å². The summed E-state index contributed by atoms with van der Waals surface area (Å²) in [5.41, 5.74) is 1.35. The van der Waals surface area contributed by atoms with Gasteiger partial charge in [-0.05, 0) is 62.4 Å². The van der Waals surface area contributed by atoms with Crippen molar-refractivity contribution in [3.8, 4) is 0 Å². The molecule has 0 aliphatic carbocycles. The number of halogens is 1. The van der Waals surface area contributed by atoms with Crippen LogP contribution in [0.4, 0.5) is 0 Å².